The van der Waals surface area contributed by atoms with E-state index in [1.807, 2.05) is 20.8 Å². The van der Waals surface area contributed by atoms with Crippen LogP contribution in [0.3, 0.4) is 0 Å². The van der Waals surface area contributed by atoms with Crippen LogP contribution in [0, 0.1) is 10.1 Å². The summed E-state index contributed by atoms with van der Waals surface area (Å²) >= 11 is 0. The molecule has 1 rings (SSSR count). The van der Waals surface area contributed by atoms with Crippen molar-refractivity contribution in [2.24, 2.45) is 0 Å². The van der Waals surface area contributed by atoms with Crippen LogP contribution >= 0.6 is 0 Å². The summed E-state index contributed by atoms with van der Waals surface area (Å²) in [6.45, 7) is 5.96. The molecule has 0 aliphatic rings. The van der Waals surface area contributed by atoms with Crippen molar-refractivity contribution in [3.8, 4) is 11.5 Å². The quantitative estimate of drug-likeness (QED) is 0.205. The third-order valence-corrected chi connectivity index (χ3v) is 3.00. The zero-order chi connectivity index (χ0) is 19.6. The second kappa shape index (κ2) is 10.3. The predicted molar refractivity (Wildman–Crippen MR) is 95.5 cm³/mol. The van der Waals surface area contributed by atoms with Gasteiger partial charge in [0.15, 0.2) is 11.5 Å². The molecule has 144 valence electrons. The Morgan fingerprint density at radius 3 is 2.50 bits per heavy atom. The minimum atomic E-state index is -0.846. The van der Waals surface area contributed by atoms with E-state index in [4.69, 9.17) is 14.2 Å². The van der Waals surface area contributed by atoms with Gasteiger partial charge in [0, 0.05) is 6.08 Å². The average molecular weight is 367 g/mol. The van der Waals surface area contributed by atoms with Gasteiger partial charge in [0.05, 0.1) is 20.3 Å². The SMILES string of the molecule is COc1ccc(/C=C/C(=O)OCCCCO[N+](=O)[O-])cc1OC(C)(C)C. The first-order valence-electron chi connectivity index (χ1n) is 8.20. The molecule has 0 atom stereocenters. The molecule has 0 radical (unpaired) electrons. The van der Waals surface area contributed by atoms with Gasteiger partial charge in [0.25, 0.3) is 5.09 Å². The Morgan fingerprint density at radius 2 is 1.88 bits per heavy atom. The summed E-state index contributed by atoms with van der Waals surface area (Å²) in [5.74, 6) is 0.701. The number of esters is 1. The lowest BCUT2D eigenvalue weighted by molar-refractivity contribution is -0.757. The molecule has 0 aromatic heterocycles. The van der Waals surface area contributed by atoms with Gasteiger partial charge in [-0.25, -0.2) is 4.79 Å². The predicted octanol–water partition coefficient (Wildman–Crippen LogP) is 3.42. The van der Waals surface area contributed by atoms with Crippen LogP contribution in [-0.2, 0) is 14.4 Å². The average Bonchev–Trinajstić information content (AvgIpc) is 2.54. The third kappa shape index (κ3) is 8.91. The highest BCUT2D eigenvalue weighted by Gasteiger charge is 2.15. The fraction of sp³-hybridized carbons (Fsp3) is 0.500. The first-order chi connectivity index (χ1) is 12.2. The fourth-order valence-corrected chi connectivity index (χ4v) is 1.93. The van der Waals surface area contributed by atoms with E-state index in [2.05, 4.69) is 4.84 Å². The number of rotatable bonds is 10. The van der Waals surface area contributed by atoms with Gasteiger partial charge in [-0.1, -0.05) is 6.07 Å². The van der Waals surface area contributed by atoms with E-state index in [9.17, 15) is 14.9 Å². The molecular weight excluding hydrogens is 342 g/mol. The van der Waals surface area contributed by atoms with Crippen molar-refractivity contribution in [3.63, 3.8) is 0 Å². The smallest absolute Gasteiger partial charge is 0.330 e. The molecule has 0 bridgehead atoms. The number of carbonyl (C=O) groups is 1. The highest BCUT2D eigenvalue weighted by Crippen LogP contribution is 2.31. The van der Waals surface area contributed by atoms with Gasteiger partial charge >= 0.3 is 5.97 Å². The van der Waals surface area contributed by atoms with Crippen LogP contribution in [-0.4, -0.2) is 37.0 Å². The Balaban J connectivity index is 2.52. The Kier molecular flexibility index (Phi) is 8.41. The van der Waals surface area contributed by atoms with E-state index in [-0.39, 0.29) is 18.8 Å². The van der Waals surface area contributed by atoms with Crippen LogP contribution in [0.15, 0.2) is 24.3 Å². The second-order valence-electron chi connectivity index (χ2n) is 6.39. The number of hydrogen-bond donors (Lipinski definition) is 0. The van der Waals surface area contributed by atoms with E-state index in [0.29, 0.717) is 24.3 Å². The van der Waals surface area contributed by atoms with E-state index >= 15 is 0 Å². The Morgan fingerprint density at radius 1 is 1.19 bits per heavy atom. The molecule has 1 aromatic carbocycles. The summed E-state index contributed by atoms with van der Waals surface area (Å²) in [6, 6.07) is 5.34. The molecule has 0 fully saturated rings. The van der Waals surface area contributed by atoms with Gasteiger partial charge in [0.1, 0.15) is 5.60 Å². The van der Waals surface area contributed by atoms with Crippen molar-refractivity contribution in [1.29, 1.82) is 0 Å². The molecule has 0 N–H and O–H groups in total. The van der Waals surface area contributed by atoms with Crippen molar-refractivity contribution in [2.75, 3.05) is 20.3 Å². The molecule has 0 aliphatic carbocycles. The van der Waals surface area contributed by atoms with Gasteiger partial charge in [-0.05, 0) is 57.4 Å². The number of carbonyl (C=O) groups excluding carboxylic acids is 1. The highest BCUT2D eigenvalue weighted by molar-refractivity contribution is 5.87. The molecule has 0 amide bonds. The van der Waals surface area contributed by atoms with E-state index < -0.39 is 11.1 Å². The summed E-state index contributed by atoms with van der Waals surface area (Å²) in [4.78, 5) is 25.8. The molecule has 0 aliphatic heterocycles. The molecule has 0 saturated carbocycles. The Hall–Kier alpha value is -2.77. The minimum absolute atomic E-state index is 0.0111. The summed E-state index contributed by atoms with van der Waals surface area (Å²) in [7, 11) is 1.56. The van der Waals surface area contributed by atoms with Crippen LogP contribution in [0.25, 0.3) is 6.08 Å². The molecule has 0 spiro atoms. The van der Waals surface area contributed by atoms with Gasteiger partial charge in [0.2, 0.25) is 0 Å². The van der Waals surface area contributed by atoms with Crippen LogP contribution in [0.2, 0.25) is 0 Å². The minimum Gasteiger partial charge on any atom is -0.493 e. The van der Waals surface area contributed by atoms with Crippen molar-refractivity contribution < 1.29 is 28.9 Å². The van der Waals surface area contributed by atoms with E-state index in [1.165, 1.54) is 6.08 Å². The summed E-state index contributed by atoms with van der Waals surface area (Å²) < 4.78 is 16.2. The zero-order valence-electron chi connectivity index (χ0n) is 15.5. The van der Waals surface area contributed by atoms with E-state index in [1.54, 1.807) is 31.4 Å². The van der Waals surface area contributed by atoms with Crippen LogP contribution in [0.1, 0.15) is 39.2 Å². The highest BCUT2D eigenvalue weighted by atomic mass is 16.9. The Bertz CT molecular complexity index is 635. The molecule has 0 heterocycles. The van der Waals surface area contributed by atoms with Crippen LogP contribution in [0.5, 0.6) is 11.5 Å². The van der Waals surface area contributed by atoms with Gasteiger partial charge in [-0.15, -0.1) is 10.1 Å². The summed E-state index contributed by atoms with van der Waals surface area (Å²) in [6.07, 6.45) is 3.85. The number of unbranched alkanes of at least 4 members (excludes halogenated alkanes) is 1. The molecule has 0 unspecified atom stereocenters. The lowest BCUT2D eigenvalue weighted by Crippen LogP contribution is -2.23. The van der Waals surface area contributed by atoms with Crippen LogP contribution in [0.4, 0.5) is 0 Å². The van der Waals surface area contributed by atoms with Crippen molar-refractivity contribution in [2.45, 2.75) is 39.2 Å². The second-order valence-corrected chi connectivity index (χ2v) is 6.39. The maximum absolute atomic E-state index is 11.7. The first-order valence-corrected chi connectivity index (χ1v) is 8.20. The Labute approximate surface area is 152 Å². The van der Waals surface area contributed by atoms with Gasteiger partial charge < -0.3 is 19.0 Å². The number of methoxy groups -OCH3 is 1. The molecule has 0 saturated heterocycles. The lowest BCUT2D eigenvalue weighted by Gasteiger charge is -2.23. The molecular formula is C18H25NO7. The van der Waals surface area contributed by atoms with Crippen molar-refractivity contribution >= 4 is 12.0 Å². The van der Waals surface area contributed by atoms with Crippen LogP contribution < -0.4 is 9.47 Å². The maximum Gasteiger partial charge on any atom is 0.330 e. The largest absolute Gasteiger partial charge is 0.493 e. The normalized spacial score (nSPS) is 11.2. The molecule has 8 nitrogen and oxygen atoms in total. The van der Waals surface area contributed by atoms with Crippen molar-refractivity contribution in [3.05, 3.63) is 40.0 Å². The molecule has 8 heteroatoms. The summed E-state index contributed by atoms with van der Waals surface area (Å²) in [5.41, 5.74) is 0.384. The standard InChI is InChI=1S/C18H25NO7/c1-18(2,3)26-16-13-14(7-9-15(16)23-4)8-10-17(20)24-11-5-6-12-25-19(21)22/h7-10,13H,5-6,11-12H2,1-4H3/b10-8+. The fourth-order valence-electron chi connectivity index (χ4n) is 1.93. The van der Waals surface area contributed by atoms with Gasteiger partial charge in [-0.2, -0.15) is 0 Å². The maximum atomic E-state index is 11.7. The lowest BCUT2D eigenvalue weighted by atomic mass is 10.1. The zero-order valence-corrected chi connectivity index (χ0v) is 15.5. The first kappa shape index (κ1) is 21.3. The number of benzene rings is 1. The molecule has 26 heavy (non-hydrogen) atoms. The molecule has 1 aromatic rings. The number of hydrogen-bond acceptors (Lipinski definition) is 7. The number of nitrogens with zero attached hydrogens (tertiary/aromatic N) is 1. The van der Waals surface area contributed by atoms with E-state index in [0.717, 1.165) is 5.56 Å². The number of ether oxygens (including phenoxy) is 3. The third-order valence-electron chi connectivity index (χ3n) is 3.00. The van der Waals surface area contributed by atoms with Crippen molar-refractivity contribution in [1.82, 2.24) is 0 Å². The summed E-state index contributed by atoms with van der Waals surface area (Å²) in [5, 5.41) is 9.13. The van der Waals surface area contributed by atoms with Gasteiger partial charge in [-0.3, -0.25) is 0 Å². The topological polar surface area (TPSA) is 97.1 Å². The monoisotopic (exact) mass is 367 g/mol.